The Morgan fingerprint density at radius 3 is 2.49 bits per heavy atom. The first-order valence-corrected chi connectivity index (χ1v) is 14.2. The summed E-state index contributed by atoms with van der Waals surface area (Å²) < 4.78 is 18.9. The molecule has 220 valence electrons. The average molecular weight is 595 g/mol. The van der Waals surface area contributed by atoms with Gasteiger partial charge >= 0.3 is 0 Å². The van der Waals surface area contributed by atoms with Gasteiger partial charge in [0, 0.05) is 11.3 Å². The summed E-state index contributed by atoms with van der Waals surface area (Å²) in [4.78, 5) is 31.3. The van der Waals surface area contributed by atoms with Crippen molar-refractivity contribution < 1.29 is 18.7 Å². The molecule has 0 atom stereocenters. The van der Waals surface area contributed by atoms with Crippen LogP contribution in [0.4, 0.5) is 5.69 Å². The molecular weight excluding hydrogens is 568 g/mol. The van der Waals surface area contributed by atoms with E-state index in [0.29, 0.717) is 45.0 Å². The number of rotatable bonds is 8. The van der Waals surface area contributed by atoms with E-state index in [2.05, 4.69) is 10.4 Å². The van der Waals surface area contributed by atoms with E-state index in [-0.39, 0.29) is 23.9 Å². The molecule has 0 saturated carbocycles. The van der Waals surface area contributed by atoms with E-state index in [1.807, 2.05) is 72.8 Å². The quantitative estimate of drug-likeness (QED) is 0.192. The van der Waals surface area contributed by atoms with Crippen molar-refractivity contribution in [1.29, 1.82) is 0 Å². The number of ether oxygens (including phenoxy) is 2. The number of nitrogens with zero attached hydrogens (tertiary/aromatic N) is 3. The molecule has 7 aromatic rings. The van der Waals surface area contributed by atoms with Gasteiger partial charge in [0.15, 0.2) is 12.4 Å². The van der Waals surface area contributed by atoms with E-state index < -0.39 is 0 Å². The van der Waals surface area contributed by atoms with Crippen LogP contribution in [0.2, 0.25) is 0 Å². The molecule has 45 heavy (non-hydrogen) atoms. The minimum absolute atomic E-state index is 0.221. The zero-order valence-electron chi connectivity index (χ0n) is 24.1. The predicted molar refractivity (Wildman–Crippen MR) is 175 cm³/mol. The molecule has 9 heteroatoms. The SMILES string of the molecule is COc1cccc2oc(-c3nc4ccccc4c(=O)n3N=Cc3c(OCC(=O)Nc4ccccc4)ccc4ccccc34)cc12. The minimum Gasteiger partial charge on any atom is -0.496 e. The molecule has 2 aromatic heterocycles. The molecule has 0 aliphatic rings. The summed E-state index contributed by atoms with van der Waals surface area (Å²) >= 11 is 0. The fourth-order valence-electron chi connectivity index (χ4n) is 5.22. The van der Waals surface area contributed by atoms with Gasteiger partial charge in [0.2, 0.25) is 5.82 Å². The fourth-order valence-corrected chi connectivity index (χ4v) is 5.22. The third-order valence-corrected chi connectivity index (χ3v) is 7.36. The van der Waals surface area contributed by atoms with Gasteiger partial charge in [-0.2, -0.15) is 9.78 Å². The molecular formula is C36H26N4O5. The van der Waals surface area contributed by atoms with E-state index in [1.54, 1.807) is 55.8 Å². The molecule has 0 aliphatic carbocycles. The number of carbonyl (C=O) groups is 1. The van der Waals surface area contributed by atoms with Gasteiger partial charge in [-0.3, -0.25) is 9.59 Å². The van der Waals surface area contributed by atoms with Gasteiger partial charge in [0.25, 0.3) is 11.5 Å². The highest BCUT2D eigenvalue weighted by atomic mass is 16.5. The maximum absolute atomic E-state index is 13.9. The third kappa shape index (κ3) is 5.38. The molecule has 0 fully saturated rings. The van der Waals surface area contributed by atoms with E-state index in [9.17, 15) is 9.59 Å². The molecule has 0 saturated heterocycles. The second kappa shape index (κ2) is 11.8. The van der Waals surface area contributed by atoms with Crippen LogP contribution in [0.5, 0.6) is 11.5 Å². The Morgan fingerprint density at radius 2 is 1.64 bits per heavy atom. The summed E-state index contributed by atoms with van der Waals surface area (Å²) in [5, 5.41) is 10.4. The number of methoxy groups -OCH3 is 1. The van der Waals surface area contributed by atoms with Gasteiger partial charge in [-0.25, -0.2) is 4.98 Å². The van der Waals surface area contributed by atoms with Gasteiger partial charge < -0.3 is 19.2 Å². The number of carbonyl (C=O) groups excluding carboxylic acids is 1. The van der Waals surface area contributed by atoms with Gasteiger partial charge in [-0.1, -0.05) is 66.7 Å². The van der Waals surface area contributed by atoms with Crippen LogP contribution in [0.25, 0.3) is 44.2 Å². The van der Waals surface area contributed by atoms with Crippen molar-refractivity contribution >= 4 is 50.5 Å². The summed E-state index contributed by atoms with van der Waals surface area (Å²) in [6.07, 6.45) is 1.55. The van der Waals surface area contributed by atoms with Crippen LogP contribution >= 0.6 is 0 Å². The number of aromatic nitrogens is 2. The minimum atomic E-state index is -0.371. The molecule has 0 bridgehead atoms. The number of hydrogen-bond acceptors (Lipinski definition) is 7. The highest BCUT2D eigenvalue weighted by Gasteiger charge is 2.18. The van der Waals surface area contributed by atoms with Crippen molar-refractivity contribution in [3.8, 4) is 23.1 Å². The van der Waals surface area contributed by atoms with Gasteiger partial charge in [0.1, 0.15) is 17.1 Å². The summed E-state index contributed by atoms with van der Waals surface area (Å²) in [5.74, 6) is 1.32. The summed E-state index contributed by atoms with van der Waals surface area (Å²) in [5.41, 5.74) is 1.99. The molecule has 1 amide bonds. The number of hydrogen-bond donors (Lipinski definition) is 1. The predicted octanol–water partition coefficient (Wildman–Crippen LogP) is 6.87. The fraction of sp³-hybridized carbons (Fsp3) is 0.0556. The number of para-hydroxylation sites is 2. The molecule has 0 aliphatic heterocycles. The zero-order chi connectivity index (χ0) is 30.8. The Balaban J connectivity index is 1.33. The maximum Gasteiger partial charge on any atom is 0.282 e. The van der Waals surface area contributed by atoms with Crippen molar-refractivity contribution in [1.82, 2.24) is 9.66 Å². The number of anilines is 1. The lowest BCUT2D eigenvalue weighted by Crippen LogP contribution is -2.21. The Hall–Kier alpha value is -6.22. The highest BCUT2D eigenvalue weighted by molar-refractivity contribution is 6.03. The standard InChI is InChI=1S/C36H26N4O5/c1-43-30-16-9-17-32-27(30)20-33(45-32)35-39-29-15-8-7-14-26(29)36(42)40(35)37-21-28-25-13-6-5-10-23(25)18-19-31(28)44-22-34(41)38-24-11-3-2-4-12-24/h2-21H,22H2,1H3,(H,38,41). The van der Waals surface area contributed by atoms with Gasteiger partial charge in [-0.15, -0.1) is 0 Å². The van der Waals surface area contributed by atoms with Crippen molar-refractivity contribution in [2.75, 3.05) is 19.0 Å². The Kier molecular flexibility index (Phi) is 7.25. The summed E-state index contributed by atoms with van der Waals surface area (Å²) in [6, 6.07) is 35.0. The van der Waals surface area contributed by atoms with Crippen LogP contribution < -0.4 is 20.3 Å². The number of nitrogens with one attached hydrogen (secondary N) is 1. The molecule has 0 unspecified atom stereocenters. The normalized spacial score (nSPS) is 11.4. The van der Waals surface area contributed by atoms with Gasteiger partial charge in [0.05, 0.1) is 29.6 Å². The zero-order valence-corrected chi connectivity index (χ0v) is 24.1. The lowest BCUT2D eigenvalue weighted by Gasteiger charge is -2.12. The van der Waals surface area contributed by atoms with Crippen molar-refractivity contribution in [3.05, 3.63) is 131 Å². The topological polar surface area (TPSA) is 108 Å². The Bertz CT molecular complexity index is 2290. The van der Waals surface area contributed by atoms with Crippen LogP contribution in [-0.4, -0.2) is 35.5 Å². The molecule has 0 radical (unpaired) electrons. The molecule has 9 nitrogen and oxygen atoms in total. The number of fused-ring (bicyclic) bond motifs is 3. The molecule has 5 aromatic carbocycles. The van der Waals surface area contributed by atoms with Crippen molar-refractivity contribution in [3.63, 3.8) is 0 Å². The number of benzene rings is 5. The third-order valence-electron chi connectivity index (χ3n) is 7.36. The second-order valence-electron chi connectivity index (χ2n) is 10.2. The monoisotopic (exact) mass is 594 g/mol. The van der Waals surface area contributed by atoms with Gasteiger partial charge in [-0.05, 0) is 59.3 Å². The van der Waals surface area contributed by atoms with E-state index in [1.165, 1.54) is 4.68 Å². The number of amides is 1. The maximum atomic E-state index is 13.9. The van der Waals surface area contributed by atoms with E-state index in [0.717, 1.165) is 16.2 Å². The first-order chi connectivity index (χ1) is 22.1. The van der Waals surface area contributed by atoms with Crippen LogP contribution in [0.1, 0.15) is 5.56 Å². The Morgan fingerprint density at radius 1 is 0.867 bits per heavy atom. The van der Waals surface area contributed by atoms with E-state index in [4.69, 9.17) is 18.9 Å². The largest absolute Gasteiger partial charge is 0.496 e. The number of furan rings is 1. The molecule has 0 spiro atoms. The summed E-state index contributed by atoms with van der Waals surface area (Å²) in [6.45, 7) is -0.225. The first kappa shape index (κ1) is 27.6. The average Bonchev–Trinajstić information content (AvgIpc) is 3.52. The summed E-state index contributed by atoms with van der Waals surface area (Å²) in [7, 11) is 1.59. The van der Waals surface area contributed by atoms with Crippen LogP contribution in [0, 0.1) is 0 Å². The molecule has 2 heterocycles. The lowest BCUT2D eigenvalue weighted by molar-refractivity contribution is -0.118. The van der Waals surface area contributed by atoms with Crippen LogP contribution in [-0.2, 0) is 4.79 Å². The second-order valence-corrected chi connectivity index (χ2v) is 10.2. The lowest BCUT2D eigenvalue weighted by atomic mass is 10.0. The van der Waals surface area contributed by atoms with Crippen LogP contribution in [0.3, 0.4) is 0 Å². The first-order valence-electron chi connectivity index (χ1n) is 14.2. The van der Waals surface area contributed by atoms with Crippen molar-refractivity contribution in [2.24, 2.45) is 5.10 Å². The Labute approximate surface area is 257 Å². The van der Waals surface area contributed by atoms with Crippen molar-refractivity contribution in [2.45, 2.75) is 0 Å². The van der Waals surface area contributed by atoms with Crippen LogP contribution in [0.15, 0.2) is 130 Å². The highest BCUT2D eigenvalue weighted by Crippen LogP contribution is 2.33. The molecule has 7 rings (SSSR count). The molecule has 1 N–H and O–H groups in total. The smallest absolute Gasteiger partial charge is 0.282 e. The van der Waals surface area contributed by atoms with E-state index >= 15 is 0 Å².